The fraction of sp³-hybridized carbons (Fsp3) is 0.438. The van der Waals surface area contributed by atoms with Crippen molar-refractivity contribution >= 4 is 23.5 Å². The van der Waals surface area contributed by atoms with E-state index < -0.39 is 11.4 Å². The Morgan fingerprint density at radius 3 is 2.72 bits per heavy atom. The maximum atomic E-state index is 12.5. The first kappa shape index (κ1) is 17.3. The number of hydrogen-bond acceptors (Lipinski definition) is 5. The van der Waals surface area contributed by atoms with Crippen molar-refractivity contribution in [2.45, 2.75) is 26.3 Å². The Kier molecular flexibility index (Phi) is 4.71. The molecule has 1 aromatic carbocycles. The summed E-state index contributed by atoms with van der Waals surface area (Å²) in [5, 5.41) is 22.0. The average molecular weight is 364 g/mol. The zero-order valence-electron chi connectivity index (χ0n) is 13.7. The normalized spacial score (nSPS) is 20.5. The molecule has 2 heterocycles. The van der Waals surface area contributed by atoms with Gasteiger partial charge in [0.25, 0.3) is 0 Å². The van der Waals surface area contributed by atoms with E-state index in [0.29, 0.717) is 30.2 Å². The Hall–Kier alpha value is -2.48. The van der Waals surface area contributed by atoms with Gasteiger partial charge in [0, 0.05) is 23.7 Å². The Morgan fingerprint density at radius 2 is 2.04 bits per heavy atom. The van der Waals surface area contributed by atoms with Crippen LogP contribution in [0, 0.1) is 5.41 Å². The Labute approximate surface area is 149 Å². The summed E-state index contributed by atoms with van der Waals surface area (Å²) in [6, 6.07) is 7.00. The number of halogens is 1. The van der Waals surface area contributed by atoms with Crippen LogP contribution in [0.2, 0.25) is 5.02 Å². The summed E-state index contributed by atoms with van der Waals surface area (Å²) in [6.07, 6.45) is 1.23. The molecule has 3 rings (SSSR count). The zero-order chi connectivity index (χ0) is 18.0. The second kappa shape index (κ2) is 6.79. The third kappa shape index (κ3) is 3.79. The minimum atomic E-state index is -0.905. The highest BCUT2D eigenvalue weighted by atomic mass is 35.5. The number of aromatic nitrogens is 4. The van der Waals surface area contributed by atoms with Crippen molar-refractivity contribution in [1.29, 1.82) is 0 Å². The predicted molar refractivity (Wildman–Crippen MR) is 89.8 cm³/mol. The highest BCUT2D eigenvalue weighted by Gasteiger charge is 2.39. The lowest BCUT2D eigenvalue weighted by atomic mass is 9.82. The van der Waals surface area contributed by atoms with Gasteiger partial charge in [0.15, 0.2) is 0 Å². The van der Waals surface area contributed by atoms with Gasteiger partial charge in [0.1, 0.15) is 6.54 Å². The van der Waals surface area contributed by atoms with Crippen LogP contribution in [-0.2, 0) is 16.1 Å². The Bertz CT molecular complexity index is 791. The number of tetrazole rings is 1. The molecule has 1 amide bonds. The van der Waals surface area contributed by atoms with Crippen LogP contribution >= 0.6 is 11.6 Å². The Morgan fingerprint density at radius 1 is 1.32 bits per heavy atom. The van der Waals surface area contributed by atoms with Gasteiger partial charge in [-0.25, -0.2) is 0 Å². The van der Waals surface area contributed by atoms with Gasteiger partial charge in [-0.1, -0.05) is 11.6 Å². The molecule has 1 N–H and O–H groups in total. The van der Waals surface area contributed by atoms with Crippen LogP contribution < -0.4 is 0 Å². The molecule has 2 aromatic rings. The molecule has 25 heavy (non-hydrogen) atoms. The van der Waals surface area contributed by atoms with Gasteiger partial charge in [-0.15, -0.1) is 10.2 Å². The highest BCUT2D eigenvalue weighted by Crippen LogP contribution is 2.29. The molecule has 0 bridgehead atoms. The number of benzene rings is 1. The highest BCUT2D eigenvalue weighted by molar-refractivity contribution is 6.30. The van der Waals surface area contributed by atoms with Crippen molar-refractivity contribution in [1.82, 2.24) is 25.1 Å². The van der Waals surface area contributed by atoms with Crippen LogP contribution in [0.3, 0.4) is 0 Å². The van der Waals surface area contributed by atoms with Crippen LogP contribution in [0.25, 0.3) is 11.4 Å². The van der Waals surface area contributed by atoms with Gasteiger partial charge in [-0.2, -0.15) is 4.80 Å². The van der Waals surface area contributed by atoms with Gasteiger partial charge in [0.05, 0.1) is 5.41 Å². The molecule has 0 saturated carbocycles. The number of piperidine rings is 1. The summed E-state index contributed by atoms with van der Waals surface area (Å²) in [5.41, 5.74) is -0.155. The predicted octanol–water partition coefficient (Wildman–Crippen LogP) is 1.71. The third-order valence-corrected chi connectivity index (χ3v) is 4.65. The molecule has 0 radical (unpaired) electrons. The van der Waals surface area contributed by atoms with Crippen molar-refractivity contribution in [3.8, 4) is 11.4 Å². The molecular formula is C16H18ClN5O3. The van der Waals surface area contributed by atoms with Gasteiger partial charge >= 0.3 is 5.97 Å². The van der Waals surface area contributed by atoms with Crippen molar-refractivity contribution in [3.05, 3.63) is 29.3 Å². The fourth-order valence-corrected chi connectivity index (χ4v) is 3.00. The number of carboxylic acids is 1. The van der Waals surface area contributed by atoms with E-state index in [-0.39, 0.29) is 19.0 Å². The van der Waals surface area contributed by atoms with Gasteiger partial charge in [-0.05, 0) is 49.2 Å². The summed E-state index contributed by atoms with van der Waals surface area (Å²) in [7, 11) is 0. The molecule has 0 aliphatic carbocycles. The lowest BCUT2D eigenvalue weighted by Gasteiger charge is -2.37. The van der Waals surface area contributed by atoms with Crippen molar-refractivity contribution in [3.63, 3.8) is 0 Å². The van der Waals surface area contributed by atoms with Crippen LogP contribution in [-0.4, -0.2) is 55.2 Å². The van der Waals surface area contributed by atoms with Crippen molar-refractivity contribution in [2.75, 3.05) is 13.1 Å². The number of nitrogens with zero attached hydrogens (tertiary/aromatic N) is 5. The molecule has 1 aromatic heterocycles. The molecule has 132 valence electrons. The quantitative estimate of drug-likeness (QED) is 0.887. The molecule has 1 saturated heterocycles. The molecule has 0 spiro atoms. The smallest absolute Gasteiger partial charge is 0.311 e. The van der Waals surface area contributed by atoms with Crippen LogP contribution in [0.15, 0.2) is 24.3 Å². The summed E-state index contributed by atoms with van der Waals surface area (Å²) in [6.45, 7) is 2.33. The number of carbonyl (C=O) groups excluding carboxylic acids is 1. The first-order valence-electron chi connectivity index (χ1n) is 7.92. The van der Waals surface area contributed by atoms with Crippen molar-refractivity contribution in [2.24, 2.45) is 5.41 Å². The lowest BCUT2D eigenvalue weighted by molar-refractivity contribution is -0.153. The monoisotopic (exact) mass is 363 g/mol. The molecular weight excluding hydrogens is 346 g/mol. The van der Waals surface area contributed by atoms with E-state index in [9.17, 15) is 14.7 Å². The summed E-state index contributed by atoms with van der Waals surface area (Å²) in [5.74, 6) is -0.695. The van der Waals surface area contributed by atoms with Gasteiger partial charge in [0.2, 0.25) is 11.7 Å². The van der Waals surface area contributed by atoms with E-state index in [1.807, 2.05) is 0 Å². The maximum absolute atomic E-state index is 12.5. The number of carbonyl (C=O) groups is 2. The average Bonchev–Trinajstić information content (AvgIpc) is 3.04. The number of carboxylic acid groups (broad SMARTS) is 1. The number of rotatable bonds is 4. The number of aliphatic carboxylic acids is 1. The van der Waals surface area contributed by atoms with Gasteiger partial charge in [-0.3, -0.25) is 9.59 Å². The second-order valence-electron chi connectivity index (χ2n) is 6.44. The van der Waals surface area contributed by atoms with E-state index in [0.717, 1.165) is 5.56 Å². The van der Waals surface area contributed by atoms with Gasteiger partial charge < -0.3 is 10.0 Å². The first-order valence-corrected chi connectivity index (χ1v) is 8.30. The van der Waals surface area contributed by atoms with E-state index >= 15 is 0 Å². The van der Waals surface area contributed by atoms with E-state index in [1.54, 1.807) is 36.1 Å². The number of hydrogen-bond donors (Lipinski definition) is 1. The van der Waals surface area contributed by atoms with Crippen molar-refractivity contribution < 1.29 is 14.7 Å². The molecule has 1 atom stereocenters. The molecule has 1 unspecified atom stereocenters. The molecule has 1 fully saturated rings. The Balaban J connectivity index is 1.67. The number of amides is 1. The zero-order valence-corrected chi connectivity index (χ0v) is 14.5. The topological polar surface area (TPSA) is 101 Å². The van der Waals surface area contributed by atoms with E-state index in [4.69, 9.17) is 11.6 Å². The minimum absolute atomic E-state index is 0.0731. The lowest BCUT2D eigenvalue weighted by Crippen LogP contribution is -2.49. The SMILES string of the molecule is CC1(C(=O)O)CCCN(C(=O)Cn2nnc(-c3ccc(Cl)cc3)n2)C1. The third-order valence-electron chi connectivity index (χ3n) is 4.40. The van der Waals surface area contributed by atoms with Crippen LogP contribution in [0.5, 0.6) is 0 Å². The molecule has 1 aliphatic rings. The van der Waals surface area contributed by atoms with E-state index in [2.05, 4.69) is 15.4 Å². The van der Waals surface area contributed by atoms with Crippen LogP contribution in [0.1, 0.15) is 19.8 Å². The molecule has 9 heteroatoms. The minimum Gasteiger partial charge on any atom is -0.481 e. The summed E-state index contributed by atoms with van der Waals surface area (Å²) < 4.78 is 0. The largest absolute Gasteiger partial charge is 0.481 e. The van der Waals surface area contributed by atoms with Crippen LogP contribution in [0.4, 0.5) is 0 Å². The summed E-state index contributed by atoms with van der Waals surface area (Å²) in [4.78, 5) is 26.6. The standard InChI is InChI=1S/C16H18ClN5O3/c1-16(15(24)25)7-2-8-21(10-16)13(23)9-22-19-14(18-20-22)11-3-5-12(17)6-4-11/h3-6H,2,7-10H2,1H3,(H,24,25). The first-order chi connectivity index (χ1) is 11.9. The summed E-state index contributed by atoms with van der Waals surface area (Å²) >= 11 is 5.85. The second-order valence-corrected chi connectivity index (χ2v) is 6.87. The molecule has 8 nitrogen and oxygen atoms in total. The molecule has 1 aliphatic heterocycles. The maximum Gasteiger partial charge on any atom is 0.311 e. The van der Waals surface area contributed by atoms with E-state index in [1.165, 1.54) is 4.80 Å². The number of likely N-dealkylation sites (tertiary alicyclic amines) is 1. The fourth-order valence-electron chi connectivity index (χ4n) is 2.87.